The second kappa shape index (κ2) is 7.80. The van der Waals surface area contributed by atoms with Gasteiger partial charge in [0.15, 0.2) is 5.69 Å². The second-order valence-electron chi connectivity index (χ2n) is 5.13. The van der Waals surface area contributed by atoms with Crippen LogP contribution >= 0.6 is 0 Å². The molecular formula is C14H25N3O. The van der Waals surface area contributed by atoms with Crippen LogP contribution in [0.25, 0.3) is 0 Å². The molecule has 0 aliphatic rings. The van der Waals surface area contributed by atoms with Gasteiger partial charge in [-0.15, -0.1) is 5.10 Å². The van der Waals surface area contributed by atoms with E-state index in [0.29, 0.717) is 12.2 Å². The molecule has 0 aliphatic carbocycles. The maximum atomic E-state index is 11.6. The predicted molar refractivity (Wildman–Crippen MR) is 74.5 cm³/mol. The molecule has 4 nitrogen and oxygen atoms in total. The zero-order valence-electron chi connectivity index (χ0n) is 12.4. The van der Waals surface area contributed by atoms with Crippen molar-refractivity contribution in [2.75, 3.05) is 6.54 Å². The number of carbonyl (C=O) groups is 1. The average molecular weight is 251 g/mol. The predicted octanol–water partition coefficient (Wildman–Crippen LogP) is 2.98. The van der Waals surface area contributed by atoms with Crippen LogP contribution in [0.2, 0.25) is 0 Å². The summed E-state index contributed by atoms with van der Waals surface area (Å²) in [5.41, 5.74) is 1.41. The smallest absolute Gasteiger partial charge is 0.271 e. The summed E-state index contributed by atoms with van der Waals surface area (Å²) in [6.45, 7) is 12.9. The fourth-order valence-electron chi connectivity index (χ4n) is 1.16. The van der Waals surface area contributed by atoms with Crippen LogP contribution in [-0.2, 0) is 0 Å². The largest absolute Gasteiger partial charge is 0.351 e. The number of nitrogens with one attached hydrogen (secondary N) is 1. The highest BCUT2D eigenvalue weighted by Crippen LogP contribution is 2.16. The molecule has 0 unspecified atom stereocenters. The molecule has 1 aromatic rings. The Morgan fingerprint density at radius 2 is 1.83 bits per heavy atom. The molecular weight excluding hydrogens is 226 g/mol. The Labute approximate surface area is 110 Å². The molecule has 1 amide bonds. The summed E-state index contributed by atoms with van der Waals surface area (Å²) in [5, 5.41) is 10.5. The van der Waals surface area contributed by atoms with Crippen LogP contribution in [0.3, 0.4) is 0 Å². The lowest BCUT2D eigenvalue weighted by Crippen LogP contribution is -2.28. The molecule has 0 fully saturated rings. The Bertz CT molecular complexity index is 352. The molecule has 0 radical (unpaired) electrons. The maximum absolute atomic E-state index is 11.6. The molecule has 0 aromatic carbocycles. The van der Waals surface area contributed by atoms with Gasteiger partial charge in [-0.1, -0.05) is 34.6 Å². The molecule has 0 aliphatic heterocycles. The van der Waals surface area contributed by atoms with Crippen LogP contribution in [0, 0.1) is 12.3 Å². The highest BCUT2D eigenvalue weighted by molar-refractivity contribution is 5.91. The van der Waals surface area contributed by atoms with Crippen LogP contribution in [-0.4, -0.2) is 22.6 Å². The molecule has 18 heavy (non-hydrogen) atoms. The van der Waals surface area contributed by atoms with Gasteiger partial charge in [-0.2, -0.15) is 5.10 Å². The molecule has 0 bridgehead atoms. The third-order valence-corrected chi connectivity index (χ3v) is 2.19. The van der Waals surface area contributed by atoms with Gasteiger partial charge in [0, 0.05) is 6.54 Å². The lowest BCUT2D eigenvalue weighted by atomic mass is 9.92. The van der Waals surface area contributed by atoms with Crippen LogP contribution in [0.15, 0.2) is 12.1 Å². The summed E-state index contributed by atoms with van der Waals surface area (Å²) in [5.74, 6) is -0.156. The van der Waals surface area contributed by atoms with E-state index in [1.807, 2.05) is 20.8 Å². The number of aryl methyl sites for hydroxylation is 1. The summed E-state index contributed by atoms with van der Waals surface area (Å²) < 4.78 is 0. The third kappa shape index (κ3) is 6.99. The Hall–Kier alpha value is -1.45. The lowest BCUT2D eigenvalue weighted by molar-refractivity contribution is 0.0943. The molecule has 1 rings (SSSR count). The van der Waals surface area contributed by atoms with Crippen molar-refractivity contribution in [3.05, 3.63) is 23.5 Å². The first-order valence-electron chi connectivity index (χ1n) is 6.47. The number of nitrogens with zero attached hydrogens (tertiary/aromatic N) is 2. The molecule has 0 saturated carbocycles. The zero-order chi connectivity index (χ0) is 14.2. The first kappa shape index (κ1) is 16.6. The van der Waals surface area contributed by atoms with Gasteiger partial charge in [-0.05, 0) is 30.9 Å². The minimum absolute atomic E-state index is 0.156. The molecule has 0 spiro atoms. The maximum Gasteiger partial charge on any atom is 0.271 e. The van der Waals surface area contributed by atoms with E-state index in [2.05, 4.69) is 36.3 Å². The number of amides is 1. The monoisotopic (exact) mass is 251 g/mol. The third-order valence-electron chi connectivity index (χ3n) is 2.19. The number of carbonyl (C=O) groups excluding carboxylic acids is 1. The van der Waals surface area contributed by atoms with E-state index in [9.17, 15) is 4.79 Å². The first-order chi connectivity index (χ1) is 8.38. The van der Waals surface area contributed by atoms with Crippen LogP contribution in [0.4, 0.5) is 0 Å². The fraction of sp³-hybridized carbons (Fsp3) is 0.643. The van der Waals surface area contributed by atoms with Gasteiger partial charge in [0.2, 0.25) is 0 Å². The van der Waals surface area contributed by atoms with Crippen molar-refractivity contribution in [2.45, 2.75) is 48.0 Å². The minimum atomic E-state index is -0.156. The van der Waals surface area contributed by atoms with E-state index in [0.717, 1.165) is 12.1 Å². The molecule has 1 heterocycles. The van der Waals surface area contributed by atoms with Gasteiger partial charge in [0.1, 0.15) is 0 Å². The minimum Gasteiger partial charge on any atom is -0.351 e. The number of hydrogen-bond acceptors (Lipinski definition) is 3. The zero-order valence-corrected chi connectivity index (χ0v) is 12.4. The van der Waals surface area contributed by atoms with Gasteiger partial charge >= 0.3 is 0 Å². The fourth-order valence-corrected chi connectivity index (χ4v) is 1.16. The summed E-state index contributed by atoms with van der Waals surface area (Å²) in [6.07, 6.45) is 0.942. The van der Waals surface area contributed by atoms with Crippen LogP contribution < -0.4 is 5.32 Å². The standard InChI is InChI=1S/C12H19N3O.C2H6/c1-9-5-6-10(15-14-9)11(16)13-8-7-12(2,3)4;1-2/h5-6H,7-8H2,1-4H3,(H,13,16);1-2H3. The molecule has 1 N–H and O–H groups in total. The Morgan fingerprint density at radius 3 is 2.28 bits per heavy atom. The van der Waals surface area contributed by atoms with Gasteiger partial charge in [0.05, 0.1) is 5.69 Å². The van der Waals surface area contributed by atoms with E-state index in [1.54, 1.807) is 12.1 Å². The van der Waals surface area contributed by atoms with E-state index in [4.69, 9.17) is 0 Å². The Kier molecular flexibility index (Phi) is 7.17. The van der Waals surface area contributed by atoms with Crippen molar-refractivity contribution in [3.63, 3.8) is 0 Å². The van der Waals surface area contributed by atoms with Crippen molar-refractivity contribution in [3.8, 4) is 0 Å². The summed E-state index contributed by atoms with van der Waals surface area (Å²) in [7, 11) is 0. The van der Waals surface area contributed by atoms with E-state index in [-0.39, 0.29) is 11.3 Å². The van der Waals surface area contributed by atoms with Crippen molar-refractivity contribution in [2.24, 2.45) is 5.41 Å². The Balaban J connectivity index is 0.00000137. The van der Waals surface area contributed by atoms with Crippen molar-refractivity contribution in [1.29, 1.82) is 0 Å². The lowest BCUT2D eigenvalue weighted by Gasteiger charge is -2.17. The van der Waals surface area contributed by atoms with Crippen LogP contribution in [0.1, 0.15) is 57.2 Å². The highest BCUT2D eigenvalue weighted by atomic mass is 16.1. The van der Waals surface area contributed by atoms with Crippen molar-refractivity contribution >= 4 is 5.91 Å². The quantitative estimate of drug-likeness (QED) is 0.898. The summed E-state index contributed by atoms with van der Waals surface area (Å²) in [6, 6.07) is 3.47. The Morgan fingerprint density at radius 1 is 1.22 bits per heavy atom. The van der Waals surface area contributed by atoms with Crippen molar-refractivity contribution in [1.82, 2.24) is 15.5 Å². The van der Waals surface area contributed by atoms with E-state index >= 15 is 0 Å². The molecule has 0 atom stereocenters. The number of aromatic nitrogens is 2. The summed E-state index contributed by atoms with van der Waals surface area (Å²) >= 11 is 0. The van der Waals surface area contributed by atoms with E-state index < -0.39 is 0 Å². The normalized spacial score (nSPS) is 10.3. The second-order valence-corrected chi connectivity index (χ2v) is 5.13. The topological polar surface area (TPSA) is 54.9 Å². The van der Waals surface area contributed by atoms with Gasteiger partial charge in [-0.25, -0.2) is 0 Å². The average Bonchev–Trinajstić information content (AvgIpc) is 2.30. The number of rotatable bonds is 3. The molecule has 4 heteroatoms. The van der Waals surface area contributed by atoms with Gasteiger partial charge < -0.3 is 5.32 Å². The van der Waals surface area contributed by atoms with Crippen molar-refractivity contribution < 1.29 is 4.79 Å². The van der Waals surface area contributed by atoms with Gasteiger partial charge in [0.25, 0.3) is 5.91 Å². The molecule has 102 valence electrons. The van der Waals surface area contributed by atoms with Gasteiger partial charge in [-0.3, -0.25) is 4.79 Å². The molecule has 0 saturated heterocycles. The SMILES string of the molecule is CC.Cc1ccc(C(=O)NCCC(C)(C)C)nn1. The van der Waals surface area contributed by atoms with Crippen LogP contribution in [0.5, 0.6) is 0 Å². The number of hydrogen-bond donors (Lipinski definition) is 1. The summed E-state index contributed by atoms with van der Waals surface area (Å²) in [4.78, 5) is 11.6. The molecule has 1 aromatic heterocycles. The highest BCUT2D eigenvalue weighted by Gasteiger charge is 2.12. The first-order valence-corrected chi connectivity index (χ1v) is 6.47. The van der Waals surface area contributed by atoms with E-state index in [1.165, 1.54) is 0 Å².